The number of benzene rings is 2. The number of amides is 8. The lowest BCUT2D eigenvalue weighted by molar-refractivity contribution is -0.177. The van der Waals surface area contributed by atoms with Gasteiger partial charge >= 0.3 is 5.97 Å². The molecule has 4 N–H and O–H groups in total. The van der Waals surface area contributed by atoms with Crippen molar-refractivity contribution in [2.24, 2.45) is 29.6 Å². The molecule has 4 rings (SSSR count). The molecule has 0 aliphatic carbocycles. The van der Waals surface area contributed by atoms with E-state index in [-0.39, 0.29) is 38.1 Å². The predicted molar refractivity (Wildman–Crippen MR) is 292 cm³/mol. The fraction of sp³-hybridized carbons (Fsp3) is 0.638. The number of carbonyl (C=O) groups excluding carboxylic acids is 9. The van der Waals surface area contributed by atoms with Crippen molar-refractivity contribution in [3.05, 3.63) is 71.8 Å². The zero-order chi connectivity index (χ0) is 58.0. The molecule has 2 aromatic carbocycles. The van der Waals surface area contributed by atoms with Gasteiger partial charge in [-0.1, -0.05) is 130 Å². The fourth-order valence-corrected chi connectivity index (χ4v) is 10.6. The number of esters is 1. The van der Waals surface area contributed by atoms with Gasteiger partial charge in [-0.2, -0.15) is 0 Å². The number of rotatable bonds is 11. The highest BCUT2D eigenvalue weighted by Gasteiger charge is 2.47. The van der Waals surface area contributed by atoms with Crippen molar-refractivity contribution in [2.75, 3.05) is 34.7 Å². The van der Waals surface area contributed by atoms with Gasteiger partial charge in [-0.15, -0.1) is 0 Å². The lowest BCUT2D eigenvalue weighted by atomic mass is 9.94. The van der Waals surface area contributed by atoms with Gasteiger partial charge in [0.25, 0.3) is 5.91 Å². The lowest BCUT2D eigenvalue weighted by Crippen LogP contribution is -2.63. The molecule has 0 aromatic heterocycles. The lowest BCUT2D eigenvalue weighted by Gasteiger charge is -2.39. The summed E-state index contributed by atoms with van der Waals surface area (Å²) < 4.78 is 5.99. The van der Waals surface area contributed by atoms with Crippen molar-refractivity contribution in [1.82, 2.24) is 40.4 Å². The van der Waals surface area contributed by atoms with E-state index < -0.39 is 137 Å². The van der Waals surface area contributed by atoms with Crippen LogP contribution in [0.1, 0.15) is 113 Å². The van der Waals surface area contributed by atoms with E-state index in [1.807, 2.05) is 50.2 Å². The average molecular weight is 1070 g/mol. The third-order valence-corrected chi connectivity index (χ3v) is 14.7. The SMILES string of the molecule is CC(C)C[C@@H]1NC(=O)[C@H](C(C)C)N(C)C(=O)[C@H](C(C)C)NC(=O)C2CCCN2C(=O)[C@H](Cc2ccccc2)N(C)C(=O)[C@H](Cc2ccccc2)NC(=O)[C@H](C(C)C)N(C)C(=O)[C@H](C(C)C)OC(=O)[C@H](C(C)(C)O)N(C)C1=O. The molecule has 0 saturated carbocycles. The van der Waals surface area contributed by atoms with Gasteiger partial charge < -0.3 is 50.3 Å². The quantitative estimate of drug-likeness (QED) is 0.238. The third kappa shape index (κ3) is 15.9. The van der Waals surface area contributed by atoms with Crippen molar-refractivity contribution in [2.45, 2.75) is 175 Å². The van der Waals surface area contributed by atoms with Crippen molar-refractivity contribution < 1.29 is 53.0 Å². The second-order valence-electron chi connectivity index (χ2n) is 23.4. The van der Waals surface area contributed by atoms with Gasteiger partial charge in [0.05, 0.1) is 5.60 Å². The van der Waals surface area contributed by atoms with Gasteiger partial charge in [0, 0.05) is 47.6 Å². The van der Waals surface area contributed by atoms with Crippen LogP contribution >= 0.6 is 0 Å². The molecule has 2 fully saturated rings. The molecular weight excluding hydrogens is 985 g/mol. The molecule has 1 unspecified atom stereocenters. The van der Waals surface area contributed by atoms with Crippen molar-refractivity contribution >= 4 is 53.2 Å². The molecule has 0 bridgehead atoms. The molecule has 0 spiro atoms. The Hall–Kier alpha value is -6.37. The van der Waals surface area contributed by atoms with Crippen LogP contribution in [0.5, 0.6) is 0 Å². The first-order chi connectivity index (χ1) is 35.9. The van der Waals surface area contributed by atoms with Crippen molar-refractivity contribution in [3.8, 4) is 0 Å². The fourth-order valence-electron chi connectivity index (χ4n) is 10.6. The number of nitrogens with zero attached hydrogens (tertiary/aromatic N) is 5. The Morgan fingerprint density at radius 1 is 0.558 bits per heavy atom. The molecule has 9 atom stereocenters. The summed E-state index contributed by atoms with van der Waals surface area (Å²) >= 11 is 0. The number of nitrogens with one attached hydrogen (secondary N) is 3. The number of hydrogen-bond acceptors (Lipinski definition) is 11. The van der Waals surface area contributed by atoms with E-state index in [2.05, 4.69) is 16.0 Å². The molecule has 19 nitrogen and oxygen atoms in total. The van der Waals surface area contributed by atoms with Gasteiger partial charge in [0.1, 0.15) is 42.3 Å². The number of hydrogen-bond donors (Lipinski definition) is 4. The number of cyclic esters (lactones) is 1. The Morgan fingerprint density at radius 2 is 1.04 bits per heavy atom. The normalized spacial score (nSPS) is 26.2. The molecule has 0 radical (unpaired) electrons. The van der Waals surface area contributed by atoms with Crippen LogP contribution in [0.4, 0.5) is 0 Å². The molecule has 77 heavy (non-hydrogen) atoms. The van der Waals surface area contributed by atoms with E-state index >= 15 is 9.59 Å². The Bertz CT molecular complexity index is 2390. The molecule has 2 aromatic rings. The summed E-state index contributed by atoms with van der Waals surface area (Å²) in [5.41, 5.74) is -0.555. The van der Waals surface area contributed by atoms with Gasteiger partial charge in [0.15, 0.2) is 12.1 Å². The zero-order valence-corrected chi connectivity index (χ0v) is 48.4. The summed E-state index contributed by atoms with van der Waals surface area (Å²) in [5.74, 6) is -8.84. The summed E-state index contributed by atoms with van der Waals surface area (Å²) in [4.78, 5) is 139. The maximum atomic E-state index is 15.2. The van der Waals surface area contributed by atoms with E-state index in [0.717, 1.165) is 15.4 Å². The van der Waals surface area contributed by atoms with E-state index in [1.165, 1.54) is 56.7 Å². The summed E-state index contributed by atoms with van der Waals surface area (Å²) in [6.07, 6.45) is -0.703. The van der Waals surface area contributed by atoms with Gasteiger partial charge in [0.2, 0.25) is 41.4 Å². The highest BCUT2D eigenvalue weighted by Crippen LogP contribution is 2.26. The first kappa shape index (κ1) is 63.2. The van der Waals surface area contributed by atoms with Crippen LogP contribution < -0.4 is 16.0 Å². The summed E-state index contributed by atoms with van der Waals surface area (Å²) in [7, 11) is 5.62. The van der Waals surface area contributed by atoms with Crippen LogP contribution in [0.25, 0.3) is 0 Å². The minimum atomic E-state index is -1.97. The highest BCUT2D eigenvalue weighted by atomic mass is 16.6. The molecule has 2 aliphatic heterocycles. The van der Waals surface area contributed by atoms with Crippen LogP contribution in [0.3, 0.4) is 0 Å². The van der Waals surface area contributed by atoms with Crippen molar-refractivity contribution in [1.29, 1.82) is 0 Å². The molecule has 2 aliphatic rings. The number of aliphatic hydroxyl groups is 1. The van der Waals surface area contributed by atoms with E-state index in [9.17, 15) is 38.7 Å². The second kappa shape index (κ2) is 27.3. The van der Waals surface area contributed by atoms with Gasteiger partial charge in [-0.25, -0.2) is 4.79 Å². The van der Waals surface area contributed by atoms with E-state index in [1.54, 1.807) is 79.7 Å². The first-order valence-corrected chi connectivity index (χ1v) is 27.2. The van der Waals surface area contributed by atoms with Crippen LogP contribution in [-0.4, -0.2) is 178 Å². The molecular formula is C58H88N8O11. The predicted octanol–water partition coefficient (Wildman–Crippen LogP) is 3.59. The van der Waals surface area contributed by atoms with E-state index in [4.69, 9.17) is 4.74 Å². The average Bonchev–Trinajstić information content (AvgIpc) is 3.85. The van der Waals surface area contributed by atoms with Gasteiger partial charge in [-0.3, -0.25) is 38.4 Å². The maximum absolute atomic E-state index is 15.2. The minimum absolute atomic E-state index is 0.00804. The Labute approximate surface area is 456 Å². The Kier molecular flexibility index (Phi) is 22.4. The molecule has 2 heterocycles. The number of fused-ring (bicyclic) bond motifs is 1. The third-order valence-electron chi connectivity index (χ3n) is 14.7. The molecule has 8 amide bonds. The van der Waals surface area contributed by atoms with Gasteiger partial charge in [-0.05, 0) is 73.8 Å². The topological polar surface area (TPSA) is 235 Å². The van der Waals surface area contributed by atoms with Crippen molar-refractivity contribution in [3.63, 3.8) is 0 Å². The maximum Gasteiger partial charge on any atom is 0.332 e. The second-order valence-corrected chi connectivity index (χ2v) is 23.4. The minimum Gasteiger partial charge on any atom is -0.450 e. The smallest absolute Gasteiger partial charge is 0.332 e. The number of ether oxygens (including phenoxy) is 1. The molecule has 2 saturated heterocycles. The monoisotopic (exact) mass is 1070 g/mol. The molecule has 19 heteroatoms. The van der Waals surface area contributed by atoms with E-state index in [0.29, 0.717) is 12.0 Å². The standard InChI is InChI=1S/C58H88N8O11/c1-33(2)30-40-53(71)65(16)48(58(11,12)76)57(75)77-47(37(9)10)56(74)64(15)46(36(7)8)51(69)60-41(31-38-24-19-17-20-25-38)52(70)62(13)43(32-39-26-21-18-22-27-39)54(72)66-29-23-28-42(66)49(67)61-44(34(3)4)55(73)63(14)45(35(5)6)50(68)59-40/h17-22,24-27,33-37,40-48,76H,23,28-32H2,1-16H3,(H,59,68)(H,60,69)(H,61,67)/t40-,41-,42?,43-,44-,45-,46-,47-,48+/m0/s1. The van der Waals surface area contributed by atoms with Crippen LogP contribution in [0.15, 0.2) is 60.7 Å². The number of carbonyl (C=O) groups is 9. The Morgan fingerprint density at radius 3 is 1.51 bits per heavy atom. The Balaban J connectivity index is 1.95. The summed E-state index contributed by atoms with van der Waals surface area (Å²) in [6, 6.07) is 8.05. The number of likely N-dealkylation sites (N-methyl/N-ethyl adjacent to an activating group) is 4. The van der Waals surface area contributed by atoms with Crippen LogP contribution in [-0.2, 0) is 60.7 Å². The first-order valence-electron chi connectivity index (χ1n) is 27.2. The highest BCUT2D eigenvalue weighted by molar-refractivity contribution is 5.99. The molecule has 426 valence electrons. The van der Waals surface area contributed by atoms with Crippen LogP contribution in [0.2, 0.25) is 0 Å². The zero-order valence-electron chi connectivity index (χ0n) is 48.4. The largest absolute Gasteiger partial charge is 0.450 e. The summed E-state index contributed by atoms with van der Waals surface area (Å²) in [5, 5.41) is 20.3. The van der Waals surface area contributed by atoms with Crippen LogP contribution in [0, 0.1) is 29.6 Å². The summed E-state index contributed by atoms with van der Waals surface area (Å²) in [6.45, 7) is 20.2.